The fourth-order valence-electron chi connectivity index (χ4n) is 2.87. The minimum atomic E-state index is -1.03. The van der Waals surface area contributed by atoms with Crippen LogP contribution in [0, 0.1) is 0 Å². The monoisotopic (exact) mass is 356 g/mol. The van der Waals surface area contributed by atoms with E-state index < -0.39 is 18.2 Å². The number of benzene rings is 1. The standard InChI is InChI=1S/C19H20N2O5/c22-17-3-1-2-10-21(17)12-14-6-4-13(5-7-14)11-20-18(23)15-8-9-16(26-15)19(24)25/h1-7,10,15-16H,8-9,11-12H2,(H,20,23)(H,24,25)/t15-,16+/m0/s1. The summed E-state index contributed by atoms with van der Waals surface area (Å²) >= 11 is 0. The Morgan fingerprint density at radius 3 is 2.42 bits per heavy atom. The van der Waals surface area contributed by atoms with Crippen LogP contribution in [0.1, 0.15) is 24.0 Å². The zero-order valence-electron chi connectivity index (χ0n) is 14.1. The molecule has 1 aromatic heterocycles. The Labute approximate surface area is 150 Å². The number of aromatic nitrogens is 1. The van der Waals surface area contributed by atoms with E-state index in [0.29, 0.717) is 25.9 Å². The summed E-state index contributed by atoms with van der Waals surface area (Å²) in [5.41, 5.74) is 1.84. The average Bonchev–Trinajstić information content (AvgIpc) is 3.13. The maximum absolute atomic E-state index is 12.1. The molecule has 2 aromatic rings. The predicted molar refractivity (Wildman–Crippen MR) is 93.6 cm³/mol. The summed E-state index contributed by atoms with van der Waals surface area (Å²) in [6, 6.07) is 12.6. The van der Waals surface area contributed by atoms with Gasteiger partial charge in [0.25, 0.3) is 5.56 Å². The summed E-state index contributed by atoms with van der Waals surface area (Å²) in [6.45, 7) is 0.820. The fourth-order valence-corrected chi connectivity index (χ4v) is 2.87. The normalized spacial score (nSPS) is 19.2. The van der Waals surface area contributed by atoms with E-state index in [9.17, 15) is 14.4 Å². The van der Waals surface area contributed by atoms with Crippen molar-refractivity contribution < 1.29 is 19.4 Å². The first-order valence-corrected chi connectivity index (χ1v) is 8.42. The van der Waals surface area contributed by atoms with Crippen molar-refractivity contribution in [3.63, 3.8) is 0 Å². The Kier molecular flexibility index (Phi) is 5.48. The molecule has 2 N–H and O–H groups in total. The molecule has 7 heteroatoms. The highest BCUT2D eigenvalue weighted by Crippen LogP contribution is 2.20. The molecule has 0 radical (unpaired) electrons. The smallest absolute Gasteiger partial charge is 0.332 e. The third kappa shape index (κ3) is 4.37. The first kappa shape index (κ1) is 17.9. The molecule has 0 unspecified atom stereocenters. The number of pyridine rings is 1. The Bertz CT molecular complexity index is 844. The summed E-state index contributed by atoms with van der Waals surface area (Å²) in [5, 5.41) is 11.7. The highest BCUT2D eigenvalue weighted by molar-refractivity contribution is 5.82. The lowest BCUT2D eigenvalue weighted by Gasteiger charge is -2.12. The number of carboxylic acid groups (broad SMARTS) is 1. The third-order valence-corrected chi connectivity index (χ3v) is 4.33. The zero-order chi connectivity index (χ0) is 18.5. The molecule has 1 aromatic carbocycles. The van der Waals surface area contributed by atoms with Crippen molar-refractivity contribution in [2.45, 2.75) is 38.1 Å². The molecule has 1 aliphatic rings. The van der Waals surface area contributed by atoms with E-state index in [2.05, 4.69) is 5.32 Å². The van der Waals surface area contributed by atoms with E-state index in [1.165, 1.54) is 6.07 Å². The van der Waals surface area contributed by atoms with Gasteiger partial charge in [0.2, 0.25) is 5.91 Å². The van der Waals surface area contributed by atoms with Crippen LogP contribution in [-0.2, 0) is 27.4 Å². The summed E-state index contributed by atoms with van der Waals surface area (Å²) in [6.07, 6.45) is 0.892. The molecule has 2 heterocycles. The van der Waals surface area contributed by atoms with Crippen molar-refractivity contribution in [1.29, 1.82) is 0 Å². The van der Waals surface area contributed by atoms with E-state index in [1.807, 2.05) is 30.3 Å². The topological polar surface area (TPSA) is 97.6 Å². The maximum Gasteiger partial charge on any atom is 0.332 e. The molecular weight excluding hydrogens is 336 g/mol. The van der Waals surface area contributed by atoms with Gasteiger partial charge in [0.1, 0.15) is 6.10 Å². The summed E-state index contributed by atoms with van der Waals surface area (Å²) < 4.78 is 6.84. The van der Waals surface area contributed by atoms with Crippen molar-refractivity contribution in [2.75, 3.05) is 0 Å². The third-order valence-electron chi connectivity index (χ3n) is 4.33. The molecule has 26 heavy (non-hydrogen) atoms. The number of nitrogens with one attached hydrogen (secondary N) is 1. The minimum absolute atomic E-state index is 0.0555. The Balaban J connectivity index is 1.52. The van der Waals surface area contributed by atoms with Crippen LogP contribution in [0.5, 0.6) is 0 Å². The molecule has 0 bridgehead atoms. The van der Waals surface area contributed by atoms with Gasteiger partial charge in [0.05, 0.1) is 6.54 Å². The van der Waals surface area contributed by atoms with Crippen molar-refractivity contribution in [3.8, 4) is 0 Å². The second kappa shape index (κ2) is 7.97. The average molecular weight is 356 g/mol. The molecule has 2 atom stereocenters. The van der Waals surface area contributed by atoms with Crippen LogP contribution in [0.4, 0.5) is 0 Å². The lowest BCUT2D eigenvalue weighted by molar-refractivity contribution is -0.151. The number of ether oxygens (including phenoxy) is 1. The zero-order valence-corrected chi connectivity index (χ0v) is 14.1. The number of aliphatic carboxylic acids is 1. The molecule has 136 valence electrons. The van der Waals surface area contributed by atoms with E-state index in [0.717, 1.165) is 11.1 Å². The van der Waals surface area contributed by atoms with Gasteiger partial charge in [-0.1, -0.05) is 30.3 Å². The molecular formula is C19H20N2O5. The van der Waals surface area contributed by atoms with E-state index in [-0.39, 0.29) is 11.5 Å². The SMILES string of the molecule is O=C(NCc1ccc(Cn2ccccc2=O)cc1)[C@@H]1CC[C@H](C(=O)O)O1. The van der Waals surface area contributed by atoms with Gasteiger partial charge in [-0.2, -0.15) is 0 Å². The van der Waals surface area contributed by atoms with Crippen molar-refractivity contribution in [1.82, 2.24) is 9.88 Å². The molecule has 0 aliphatic carbocycles. The second-order valence-electron chi connectivity index (χ2n) is 6.23. The number of rotatable bonds is 6. The summed E-state index contributed by atoms with van der Waals surface area (Å²) in [7, 11) is 0. The van der Waals surface area contributed by atoms with Gasteiger partial charge < -0.3 is 19.7 Å². The van der Waals surface area contributed by atoms with Crippen LogP contribution in [0.25, 0.3) is 0 Å². The maximum atomic E-state index is 12.1. The van der Waals surface area contributed by atoms with Crippen molar-refractivity contribution in [3.05, 3.63) is 70.1 Å². The summed E-state index contributed by atoms with van der Waals surface area (Å²) in [5.74, 6) is -1.33. The van der Waals surface area contributed by atoms with Gasteiger partial charge in [0.15, 0.2) is 6.10 Å². The molecule has 0 saturated carbocycles. The van der Waals surface area contributed by atoms with Crippen molar-refractivity contribution >= 4 is 11.9 Å². The number of amides is 1. The van der Waals surface area contributed by atoms with Crippen LogP contribution in [-0.4, -0.2) is 33.8 Å². The molecule has 3 rings (SSSR count). The second-order valence-corrected chi connectivity index (χ2v) is 6.23. The highest BCUT2D eigenvalue weighted by atomic mass is 16.5. The molecule has 1 amide bonds. The molecule has 7 nitrogen and oxygen atoms in total. The first-order valence-electron chi connectivity index (χ1n) is 8.42. The minimum Gasteiger partial charge on any atom is -0.479 e. The van der Waals surface area contributed by atoms with Gasteiger partial charge in [0, 0.05) is 18.8 Å². The quantitative estimate of drug-likeness (QED) is 0.809. The van der Waals surface area contributed by atoms with Gasteiger partial charge in [-0.25, -0.2) is 4.79 Å². The van der Waals surface area contributed by atoms with Crippen LogP contribution in [0.3, 0.4) is 0 Å². The number of carbonyl (C=O) groups is 2. The van der Waals surface area contributed by atoms with E-state index in [1.54, 1.807) is 16.8 Å². The lowest BCUT2D eigenvalue weighted by Crippen LogP contribution is -2.35. The van der Waals surface area contributed by atoms with Gasteiger partial charge in [-0.05, 0) is 30.0 Å². The Hall–Kier alpha value is -2.93. The number of carboxylic acids is 1. The van der Waals surface area contributed by atoms with E-state index >= 15 is 0 Å². The van der Waals surface area contributed by atoms with Crippen LogP contribution in [0.15, 0.2) is 53.5 Å². The van der Waals surface area contributed by atoms with E-state index in [4.69, 9.17) is 9.84 Å². The predicted octanol–water partition coefficient (Wildman–Crippen LogP) is 1.14. The lowest BCUT2D eigenvalue weighted by atomic mass is 10.1. The van der Waals surface area contributed by atoms with Gasteiger partial charge >= 0.3 is 5.97 Å². The fraction of sp³-hybridized carbons (Fsp3) is 0.316. The molecule has 1 saturated heterocycles. The highest BCUT2D eigenvalue weighted by Gasteiger charge is 2.34. The van der Waals surface area contributed by atoms with Crippen LogP contribution >= 0.6 is 0 Å². The Morgan fingerprint density at radius 1 is 1.08 bits per heavy atom. The van der Waals surface area contributed by atoms with Crippen LogP contribution < -0.4 is 10.9 Å². The largest absolute Gasteiger partial charge is 0.479 e. The number of carbonyl (C=O) groups excluding carboxylic acids is 1. The number of nitrogens with zero attached hydrogens (tertiary/aromatic N) is 1. The van der Waals surface area contributed by atoms with Crippen molar-refractivity contribution in [2.24, 2.45) is 0 Å². The van der Waals surface area contributed by atoms with Crippen LogP contribution in [0.2, 0.25) is 0 Å². The molecule has 1 aliphatic heterocycles. The summed E-state index contributed by atoms with van der Waals surface area (Å²) in [4.78, 5) is 34.6. The first-order chi connectivity index (χ1) is 12.5. The molecule has 0 spiro atoms. The molecule has 1 fully saturated rings. The number of hydrogen-bond donors (Lipinski definition) is 2. The number of hydrogen-bond acceptors (Lipinski definition) is 4. The van der Waals surface area contributed by atoms with Gasteiger partial charge in [-0.15, -0.1) is 0 Å². The van der Waals surface area contributed by atoms with Gasteiger partial charge in [-0.3, -0.25) is 9.59 Å². The Morgan fingerprint density at radius 2 is 1.77 bits per heavy atom.